The van der Waals surface area contributed by atoms with Gasteiger partial charge in [-0.05, 0) is 25.1 Å². The van der Waals surface area contributed by atoms with Crippen molar-refractivity contribution < 1.29 is 13.7 Å². The zero-order valence-electron chi connectivity index (χ0n) is 14.1. The number of aromatic nitrogens is 1. The van der Waals surface area contributed by atoms with Gasteiger partial charge in [0.05, 0.1) is 5.56 Å². The van der Waals surface area contributed by atoms with Gasteiger partial charge in [0.25, 0.3) is 0 Å². The molecule has 2 aromatic rings. The SMILES string of the molecule is CCNC(=O)NCCN1CCc2onc(Nc3cccc(F)c3)c2C1. The third-order valence-electron chi connectivity index (χ3n) is 4.04. The molecule has 3 rings (SSSR count). The first-order chi connectivity index (χ1) is 12.2. The average Bonchev–Trinajstić information content (AvgIpc) is 2.98. The van der Waals surface area contributed by atoms with Crippen LogP contribution in [0, 0.1) is 5.82 Å². The highest BCUT2D eigenvalue weighted by Gasteiger charge is 2.24. The predicted octanol–water partition coefficient (Wildman–Crippen LogP) is 2.23. The second-order valence-electron chi connectivity index (χ2n) is 5.88. The maximum absolute atomic E-state index is 13.3. The molecule has 2 heterocycles. The lowest BCUT2D eigenvalue weighted by atomic mass is 10.1. The predicted molar refractivity (Wildman–Crippen MR) is 92.2 cm³/mol. The molecular weight excluding hydrogens is 325 g/mol. The van der Waals surface area contributed by atoms with E-state index in [-0.39, 0.29) is 11.8 Å². The molecule has 3 N–H and O–H groups in total. The standard InChI is InChI=1S/C17H22FN5O2/c1-2-19-17(24)20-7-9-23-8-6-15-14(11-23)16(22-25-15)21-13-5-3-4-12(18)10-13/h3-5,10H,2,6-9,11H2,1H3,(H,21,22)(H2,19,20,24). The summed E-state index contributed by atoms with van der Waals surface area (Å²) >= 11 is 0. The highest BCUT2D eigenvalue weighted by molar-refractivity contribution is 5.73. The van der Waals surface area contributed by atoms with Crippen LogP contribution in [0.4, 0.5) is 20.7 Å². The lowest BCUT2D eigenvalue weighted by Crippen LogP contribution is -2.41. The lowest BCUT2D eigenvalue weighted by Gasteiger charge is -2.26. The van der Waals surface area contributed by atoms with E-state index in [1.165, 1.54) is 12.1 Å². The van der Waals surface area contributed by atoms with Crippen LogP contribution in [0.1, 0.15) is 18.2 Å². The summed E-state index contributed by atoms with van der Waals surface area (Å²) in [6, 6.07) is 6.08. The first kappa shape index (κ1) is 17.2. The molecule has 7 nitrogen and oxygen atoms in total. The van der Waals surface area contributed by atoms with Crippen molar-refractivity contribution in [2.45, 2.75) is 19.9 Å². The van der Waals surface area contributed by atoms with Gasteiger partial charge in [0.2, 0.25) is 0 Å². The quantitative estimate of drug-likeness (QED) is 0.746. The van der Waals surface area contributed by atoms with Crippen LogP contribution in [0.3, 0.4) is 0 Å². The van der Waals surface area contributed by atoms with Crippen molar-refractivity contribution in [1.29, 1.82) is 0 Å². The van der Waals surface area contributed by atoms with E-state index in [1.807, 2.05) is 6.92 Å². The summed E-state index contributed by atoms with van der Waals surface area (Å²) in [5.74, 6) is 1.16. The van der Waals surface area contributed by atoms with Gasteiger partial charge >= 0.3 is 6.03 Å². The van der Waals surface area contributed by atoms with Crippen LogP contribution in [-0.2, 0) is 13.0 Å². The zero-order valence-corrected chi connectivity index (χ0v) is 14.1. The number of hydrogen-bond donors (Lipinski definition) is 3. The Kier molecular flexibility index (Phi) is 5.49. The van der Waals surface area contributed by atoms with Crippen molar-refractivity contribution in [2.75, 3.05) is 31.5 Å². The smallest absolute Gasteiger partial charge is 0.314 e. The van der Waals surface area contributed by atoms with Crippen molar-refractivity contribution >= 4 is 17.5 Å². The lowest BCUT2D eigenvalue weighted by molar-refractivity contribution is 0.225. The van der Waals surface area contributed by atoms with E-state index in [1.54, 1.807) is 12.1 Å². The van der Waals surface area contributed by atoms with Crippen molar-refractivity contribution in [2.24, 2.45) is 0 Å². The number of carbonyl (C=O) groups is 1. The molecule has 0 atom stereocenters. The van der Waals surface area contributed by atoms with Gasteiger partial charge in [0.1, 0.15) is 11.6 Å². The molecule has 0 aliphatic carbocycles. The minimum atomic E-state index is -0.305. The van der Waals surface area contributed by atoms with E-state index >= 15 is 0 Å². The van der Waals surface area contributed by atoms with Gasteiger partial charge in [0, 0.05) is 44.8 Å². The maximum Gasteiger partial charge on any atom is 0.314 e. The Morgan fingerprint density at radius 2 is 2.28 bits per heavy atom. The molecule has 0 radical (unpaired) electrons. The molecule has 1 aromatic heterocycles. The molecule has 0 bridgehead atoms. The molecule has 25 heavy (non-hydrogen) atoms. The monoisotopic (exact) mass is 347 g/mol. The second-order valence-corrected chi connectivity index (χ2v) is 5.88. The summed E-state index contributed by atoms with van der Waals surface area (Å²) in [5.41, 5.74) is 1.61. The fourth-order valence-electron chi connectivity index (χ4n) is 2.81. The molecule has 0 fully saturated rings. The van der Waals surface area contributed by atoms with Crippen molar-refractivity contribution in [3.63, 3.8) is 0 Å². The van der Waals surface area contributed by atoms with Gasteiger partial charge in [-0.3, -0.25) is 4.90 Å². The Morgan fingerprint density at radius 3 is 3.08 bits per heavy atom. The normalized spacial score (nSPS) is 14.0. The largest absolute Gasteiger partial charge is 0.359 e. The first-order valence-electron chi connectivity index (χ1n) is 8.39. The van der Waals surface area contributed by atoms with Crippen LogP contribution in [0.25, 0.3) is 0 Å². The van der Waals surface area contributed by atoms with Gasteiger partial charge in [-0.2, -0.15) is 0 Å². The van der Waals surface area contributed by atoms with Gasteiger partial charge in [-0.1, -0.05) is 11.2 Å². The first-order valence-corrected chi connectivity index (χ1v) is 8.39. The van der Waals surface area contributed by atoms with Crippen LogP contribution in [0.15, 0.2) is 28.8 Å². The van der Waals surface area contributed by atoms with Crippen molar-refractivity contribution in [1.82, 2.24) is 20.7 Å². The van der Waals surface area contributed by atoms with Crippen LogP contribution < -0.4 is 16.0 Å². The Morgan fingerprint density at radius 1 is 1.40 bits per heavy atom. The zero-order chi connectivity index (χ0) is 17.6. The van der Waals surface area contributed by atoms with E-state index in [9.17, 15) is 9.18 Å². The van der Waals surface area contributed by atoms with Crippen molar-refractivity contribution in [3.05, 3.63) is 41.4 Å². The number of halogens is 1. The molecule has 1 aliphatic rings. The Bertz CT molecular complexity index is 734. The van der Waals surface area contributed by atoms with Crippen molar-refractivity contribution in [3.8, 4) is 0 Å². The number of rotatable bonds is 6. The minimum absolute atomic E-state index is 0.154. The number of nitrogens with one attached hydrogen (secondary N) is 3. The summed E-state index contributed by atoms with van der Waals surface area (Å²) < 4.78 is 18.7. The van der Waals surface area contributed by atoms with Crippen LogP contribution in [-0.4, -0.2) is 42.3 Å². The molecule has 1 aromatic carbocycles. The maximum atomic E-state index is 13.3. The number of carbonyl (C=O) groups excluding carboxylic acids is 1. The Labute approximate surface area is 145 Å². The second kappa shape index (κ2) is 7.98. The fourth-order valence-corrected chi connectivity index (χ4v) is 2.81. The topological polar surface area (TPSA) is 82.4 Å². The summed E-state index contributed by atoms with van der Waals surface area (Å²) in [4.78, 5) is 13.6. The summed E-state index contributed by atoms with van der Waals surface area (Å²) in [5, 5.41) is 12.7. The number of urea groups is 1. The third-order valence-corrected chi connectivity index (χ3v) is 4.04. The van der Waals surface area contributed by atoms with E-state index in [0.29, 0.717) is 31.1 Å². The number of hydrogen-bond acceptors (Lipinski definition) is 5. The summed E-state index contributed by atoms with van der Waals surface area (Å²) in [6.07, 6.45) is 0.758. The van der Waals surface area contributed by atoms with Gasteiger partial charge < -0.3 is 20.5 Å². The van der Waals surface area contributed by atoms with E-state index in [0.717, 1.165) is 30.8 Å². The minimum Gasteiger partial charge on any atom is -0.359 e. The van der Waals surface area contributed by atoms with E-state index in [2.05, 4.69) is 26.0 Å². The molecular formula is C17H22FN5O2. The number of fused-ring (bicyclic) bond motifs is 1. The molecule has 0 unspecified atom stereocenters. The van der Waals surface area contributed by atoms with Gasteiger partial charge in [-0.25, -0.2) is 9.18 Å². The van der Waals surface area contributed by atoms with Crippen LogP contribution in [0.5, 0.6) is 0 Å². The number of anilines is 2. The molecule has 2 amide bonds. The summed E-state index contributed by atoms with van der Waals surface area (Å²) in [6.45, 7) is 5.31. The number of benzene rings is 1. The van der Waals surface area contributed by atoms with Gasteiger partial charge in [0.15, 0.2) is 5.82 Å². The molecule has 1 aliphatic heterocycles. The van der Waals surface area contributed by atoms with Crippen LogP contribution in [0.2, 0.25) is 0 Å². The van der Waals surface area contributed by atoms with E-state index < -0.39 is 0 Å². The molecule has 0 saturated heterocycles. The van der Waals surface area contributed by atoms with Crippen LogP contribution >= 0.6 is 0 Å². The van der Waals surface area contributed by atoms with E-state index in [4.69, 9.17) is 4.52 Å². The number of nitrogens with zero attached hydrogens (tertiary/aromatic N) is 2. The molecule has 0 spiro atoms. The highest BCUT2D eigenvalue weighted by atomic mass is 19.1. The molecule has 8 heteroatoms. The fraction of sp³-hybridized carbons (Fsp3) is 0.412. The highest BCUT2D eigenvalue weighted by Crippen LogP contribution is 2.28. The molecule has 134 valence electrons. The Balaban J connectivity index is 1.59. The number of amides is 2. The Hall–Kier alpha value is -2.61. The molecule has 0 saturated carbocycles. The third kappa shape index (κ3) is 4.48. The van der Waals surface area contributed by atoms with Gasteiger partial charge in [-0.15, -0.1) is 0 Å². The summed E-state index contributed by atoms with van der Waals surface area (Å²) in [7, 11) is 0. The average molecular weight is 347 g/mol.